The Bertz CT molecular complexity index is 501. The lowest BCUT2D eigenvalue weighted by Gasteiger charge is -1.95. The lowest BCUT2D eigenvalue weighted by molar-refractivity contribution is 0.0519. The van der Waals surface area contributed by atoms with Crippen LogP contribution in [0.2, 0.25) is 0 Å². The van der Waals surface area contributed by atoms with E-state index in [1.807, 2.05) is 0 Å². The van der Waals surface area contributed by atoms with Gasteiger partial charge in [0.25, 0.3) is 0 Å². The molecular formula is C10H11N3O3. The summed E-state index contributed by atoms with van der Waals surface area (Å²) in [7, 11) is 1.77. The van der Waals surface area contributed by atoms with Gasteiger partial charge in [-0.2, -0.15) is 5.10 Å². The van der Waals surface area contributed by atoms with Gasteiger partial charge in [-0.05, 0) is 13.0 Å². The van der Waals surface area contributed by atoms with Crippen LogP contribution in [0.15, 0.2) is 22.9 Å². The summed E-state index contributed by atoms with van der Waals surface area (Å²) < 4.78 is 11.6. The van der Waals surface area contributed by atoms with Crippen molar-refractivity contribution in [1.29, 1.82) is 0 Å². The molecule has 2 heterocycles. The van der Waals surface area contributed by atoms with Gasteiger partial charge in [0.2, 0.25) is 5.89 Å². The average molecular weight is 221 g/mol. The highest BCUT2D eigenvalue weighted by Crippen LogP contribution is 2.17. The molecule has 84 valence electrons. The maximum atomic E-state index is 11.3. The molecule has 0 bridgehead atoms. The van der Waals surface area contributed by atoms with E-state index in [2.05, 4.69) is 10.1 Å². The number of oxazole rings is 1. The van der Waals surface area contributed by atoms with Crippen LogP contribution in [0.3, 0.4) is 0 Å². The molecule has 0 aliphatic carbocycles. The molecule has 0 aliphatic heterocycles. The van der Waals surface area contributed by atoms with Gasteiger partial charge in [-0.15, -0.1) is 0 Å². The average Bonchev–Trinajstić information content (AvgIpc) is 2.86. The predicted molar refractivity (Wildman–Crippen MR) is 54.7 cm³/mol. The summed E-state index contributed by atoms with van der Waals surface area (Å²) in [6.07, 6.45) is 2.91. The lowest BCUT2D eigenvalue weighted by atomic mass is 10.4. The van der Waals surface area contributed by atoms with Crippen LogP contribution < -0.4 is 0 Å². The van der Waals surface area contributed by atoms with Crippen LogP contribution >= 0.6 is 0 Å². The van der Waals surface area contributed by atoms with Crippen LogP contribution in [0, 0.1) is 0 Å². The van der Waals surface area contributed by atoms with Crippen LogP contribution in [0.1, 0.15) is 17.4 Å². The summed E-state index contributed by atoms with van der Waals surface area (Å²) in [6, 6.07) is 1.75. The highest BCUT2D eigenvalue weighted by atomic mass is 16.5. The van der Waals surface area contributed by atoms with Crippen molar-refractivity contribution >= 4 is 5.97 Å². The molecule has 0 radical (unpaired) electrons. The SMILES string of the molecule is CCOC(=O)c1coc(-c2ccnn2C)n1. The van der Waals surface area contributed by atoms with E-state index < -0.39 is 5.97 Å². The van der Waals surface area contributed by atoms with Crippen molar-refractivity contribution in [3.05, 3.63) is 24.2 Å². The van der Waals surface area contributed by atoms with E-state index in [9.17, 15) is 4.79 Å². The van der Waals surface area contributed by atoms with Crippen molar-refractivity contribution in [1.82, 2.24) is 14.8 Å². The molecule has 0 atom stereocenters. The summed E-state index contributed by atoms with van der Waals surface area (Å²) >= 11 is 0. The molecule has 0 spiro atoms. The molecule has 0 fully saturated rings. The fourth-order valence-corrected chi connectivity index (χ4v) is 1.27. The Morgan fingerprint density at radius 2 is 2.44 bits per heavy atom. The number of rotatable bonds is 3. The molecule has 6 heteroatoms. The van der Waals surface area contributed by atoms with Crippen LogP contribution in [0.4, 0.5) is 0 Å². The van der Waals surface area contributed by atoms with Gasteiger partial charge in [0.05, 0.1) is 6.61 Å². The second kappa shape index (κ2) is 4.18. The van der Waals surface area contributed by atoms with E-state index in [4.69, 9.17) is 9.15 Å². The quantitative estimate of drug-likeness (QED) is 0.729. The molecule has 2 aromatic heterocycles. The molecule has 2 rings (SSSR count). The number of ether oxygens (including phenoxy) is 1. The molecule has 0 saturated heterocycles. The molecular weight excluding hydrogens is 210 g/mol. The van der Waals surface area contributed by atoms with Crippen molar-refractivity contribution < 1.29 is 13.9 Å². The number of nitrogens with zero attached hydrogens (tertiary/aromatic N) is 3. The molecule has 0 aliphatic rings. The number of aryl methyl sites for hydroxylation is 1. The Kier molecular flexibility index (Phi) is 2.72. The molecule has 6 nitrogen and oxygen atoms in total. The smallest absolute Gasteiger partial charge is 0.360 e. The first-order valence-electron chi connectivity index (χ1n) is 4.83. The van der Waals surface area contributed by atoms with Gasteiger partial charge >= 0.3 is 5.97 Å². The maximum Gasteiger partial charge on any atom is 0.360 e. The van der Waals surface area contributed by atoms with Crippen LogP contribution in [0.25, 0.3) is 11.6 Å². The zero-order valence-electron chi connectivity index (χ0n) is 9.01. The second-order valence-electron chi connectivity index (χ2n) is 3.10. The number of hydrogen-bond donors (Lipinski definition) is 0. The first kappa shape index (κ1) is 10.4. The van der Waals surface area contributed by atoms with Gasteiger partial charge in [0, 0.05) is 13.2 Å². The predicted octanol–water partition coefficient (Wildman–Crippen LogP) is 1.25. The largest absolute Gasteiger partial charge is 0.461 e. The number of carbonyl (C=O) groups excluding carboxylic acids is 1. The third-order valence-corrected chi connectivity index (χ3v) is 2.03. The van der Waals surface area contributed by atoms with Crippen molar-refractivity contribution in [3.8, 4) is 11.6 Å². The lowest BCUT2D eigenvalue weighted by Crippen LogP contribution is -2.04. The monoisotopic (exact) mass is 221 g/mol. The Morgan fingerprint density at radius 1 is 1.62 bits per heavy atom. The Morgan fingerprint density at radius 3 is 3.06 bits per heavy atom. The minimum absolute atomic E-state index is 0.165. The summed E-state index contributed by atoms with van der Waals surface area (Å²) in [5.74, 6) is -0.136. The zero-order chi connectivity index (χ0) is 11.5. The second-order valence-corrected chi connectivity index (χ2v) is 3.10. The highest BCUT2D eigenvalue weighted by molar-refractivity contribution is 5.87. The van der Waals surface area contributed by atoms with Gasteiger partial charge in [0.15, 0.2) is 5.69 Å². The van der Waals surface area contributed by atoms with Gasteiger partial charge in [-0.25, -0.2) is 9.78 Å². The third-order valence-electron chi connectivity index (χ3n) is 2.03. The van der Waals surface area contributed by atoms with E-state index in [-0.39, 0.29) is 5.69 Å². The van der Waals surface area contributed by atoms with Crippen molar-refractivity contribution in [2.75, 3.05) is 6.61 Å². The molecule has 0 unspecified atom stereocenters. The number of esters is 1. The fourth-order valence-electron chi connectivity index (χ4n) is 1.27. The van der Waals surface area contributed by atoms with Crippen LogP contribution in [0.5, 0.6) is 0 Å². The molecule has 0 aromatic carbocycles. The minimum atomic E-state index is -0.486. The Balaban J connectivity index is 2.26. The number of aromatic nitrogens is 3. The van der Waals surface area contributed by atoms with E-state index in [0.717, 1.165) is 0 Å². The maximum absolute atomic E-state index is 11.3. The van der Waals surface area contributed by atoms with Crippen LogP contribution in [-0.4, -0.2) is 27.3 Å². The van der Waals surface area contributed by atoms with Crippen molar-refractivity contribution in [2.45, 2.75) is 6.92 Å². The molecule has 0 N–H and O–H groups in total. The summed E-state index contributed by atoms with van der Waals surface area (Å²) in [5.41, 5.74) is 0.869. The van der Waals surface area contributed by atoms with Gasteiger partial charge < -0.3 is 9.15 Å². The number of carbonyl (C=O) groups is 1. The topological polar surface area (TPSA) is 70.2 Å². The first-order valence-corrected chi connectivity index (χ1v) is 4.83. The summed E-state index contributed by atoms with van der Waals surface area (Å²) in [5, 5.41) is 3.98. The van der Waals surface area contributed by atoms with Gasteiger partial charge in [-0.1, -0.05) is 0 Å². The van der Waals surface area contributed by atoms with E-state index in [1.54, 1.807) is 30.9 Å². The molecule has 16 heavy (non-hydrogen) atoms. The van der Waals surface area contributed by atoms with Crippen molar-refractivity contribution in [2.24, 2.45) is 7.05 Å². The highest BCUT2D eigenvalue weighted by Gasteiger charge is 2.15. The van der Waals surface area contributed by atoms with Crippen molar-refractivity contribution in [3.63, 3.8) is 0 Å². The molecule has 0 saturated carbocycles. The third kappa shape index (κ3) is 1.81. The van der Waals surface area contributed by atoms with E-state index >= 15 is 0 Å². The minimum Gasteiger partial charge on any atom is -0.461 e. The zero-order valence-corrected chi connectivity index (χ0v) is 9.01. The fraction of sp³-hybridized carbons (Fsp3) is 0.300. The Hall–Kier alpha value is -2.11. The van der Waals surface area contributed by atoms with Crippen LogP contribution in [-0.2, 0) is 11.8 Å². The molecule has 0 amide bonds. The first-order chi connectivity index (χ1) is 7.72. The van der Waals surface area contributed by atoms with Gasteiger partial charge in [0.1, 0.15) is 12.0 Å². The summed E-state index contributed by atoms with van der Waals surface area (Å²) in [4.78, 5) is 15.4. The van der Waals surface area contributed by atoms with Gasteiger partial charge in [-0.3, -0.25) is 4.68 Å². The molecule has 2 aromatic rings. The number of hydrogen-bond acceptors (Lipinski definition) is 5. The summed E-state index contributed by atoms with van der Waals surface area (Å²) in [6.45, 7) is 2.05. The standard InChI is InChI=1S/C10H11N3O3/c1-3-15-10(14)7-6-16-9(12-7)8-4-5-11-13(8)2/h4-6H,3H2,1-2H3. The van der Waals surface area contributed by atoms with E-state index in [1.165, 1.54) is 6.26 Å². The normalized spacial score (nSPS) is 10.4. The van der Waals surface area contributed by atoms with E-state index in [0.29, 0.717) is 18.2 Å². The Labute approximate surface area is 91.8 Å².